The van der Waals surface area contributed by atoms with Gasteiger partial charge in [-0.2, -0.15) is 0 Å². The van der Waals surface area contributed by atoms with Gasteiger partial charge in [0.25, 0.3) is 0 Å². The van der Waals surface area contributed by atoms with Crippen molar-refractivity contribution in [3.05, 3.63) is 29.0 Å². The fourth-order valence-electron chi connectivity index (χ4n) is 2.05. The molecule has 2 atom stereocenters. The second-order valence-electron chi connectivity index (χ2n) is 4.45. The molecule has 2 rings (SSSR count). The number of urea groups is 1. The van der Waals surface area contributed by atoms with Gasteiger partial charge >= 0.3 is 12.0 Å². The van der Waals surface area contributed by atoms with Gasteiger partial charge in [-0.3, -0.25) is 0 Å². The van der Waals surface area contributed by atoms with Gasteiger partial charge in [0, 0.05) is 18.0 Å². The molecule has 6 nitrogen and oxygen atoms in total. The maximum Gasteiger partial charge on any atom is 0.326 e. The van der Waals surface area contributed by atoms with E-state index in [4.69, 9.17) is 16.7 Å². The number of hydrogen-bond acceptors (Lipinski definition) is 3. The number of β-amino-alcohol motifs (C(OH)–C–C–N with tert-alkyl or cyclic N) is 1. The molecule has 1 aromatic rings. The quantitative estimate of drug-likeness (QED) is 0.773. The molecule has 2 amide bonds. The number of aliphatic carboxylic acids is 1. The molecule has 1 heterocycles. The number of anilines is 1. The van der Waals surface area contributed by atoms with Crippen LogP contribution in [0.15, 0.2) is 18.2 Å². The van der Waals surface area contributed by atoms with E-state index in [0.29, 0.717) is 0 Å². The van der Waals surface area contributed by atoms with E-state index < -0.39 is 30.0 Å². The monoisotopic (exact) mass is 302 g/mol. The summed E-state index contributed by atoms with van der Waals surface area (Å²) in [7, 11) is 0. The molecule has 0 aromatic heterocycles. The van der Waals surface area contributed by atoms with Crippen molar-refractivity contribution in [2.24, 2.45) is 0 Å². The first-order valence-electron chi connectivity index (χ1n) is 5.82. The van der Waals surface area contributed by atoms with Crippen molar-refractivity contribution in [1.82, 2.24) is 4.90 Å². The van der Waals surface area contributed by atoms with E-state index in [9.17, 15) is 19.1 Å². The lowest BCUT2D eigenvalue weighted by molar-refractivity contribution is -0.141. The number of nitrogens with one attached hydrogen (secondary N) is 1. The van der Waals surface area contributed by atoms with Crippen LogP contribution in [-0.2, 0) is 4.79 Å². The summed E-state index contributed by atoms with van der Waals surface area (Å²) in [6.07, 6.45) is -0.966. The lowest BCUT2D eigenvalue weighted by Gasteiger charge is -2.21. The Kier molecular flexibility index (Phi) is 4.10. The third-order valence-corrected chi connectivity index (χ3v) is 3.23. The van der Waals surface area contributed by atoms with Gasteiger partial charge in [-0.15, -0.1) is 0 Å². The van der Waals surface area contributed by atoms with Gasteiger partial charge in [0.15, 0.2) is 0 Å². The normalized spacial score (nSPS) is 21.9. The van der Waals surface area contributed by atoms with Crippen molar-refractivity contribution >= 4 is 29.3 Å². The first kappa shape index (κ1) is 14.5. The number of carbonyl (C=O) groups excluding carboxylic acids is 1. The van der Waals surface area contributed by atoms with Crippen molar-refractivity contribution in [3.8, 4) is 0 Å². The number of halogens is 2. The van der Waals surface area contributed by atoms with Crippen molar-refractivity contribution in [2.45, 2.75) is 18.6 Å². The number of likely N-dealkylation sites (tertiary alicyclic amines) is 1. The van der Waals surface area contributed by atoms with Crippen LogP contribution in [0.25, 0.3) is 0 Å². The summed E-state index contributed by atoms with van der Waals surface area (Å²) in [4.78, 5) is 23.9. The molecule has 1 unspecified atom stereocenters. The smallest absolute Gasteiger partial charge is 0.326 e. The van der Waals surface area contributed by atoms with E-state index in [0.717, 1.165) is 11.0 Å². The number of aliphatic hydroxyl groups excluding tert-OH is 1. The number of carboxylic acids is 1. The number of hydrogen-bond donors (Lipinski definition) is 3. The first-order valence-corrected chi connectivity index (χ1v) is 6.20. The highest BCUT2D eigenvalue weighted by molar-refractivity contribution is 6.30. The van der Waals surface area contributed by atoms with Crippen molar-refractivity contribution in [2.75, 3.05) is 11.9 Å². The lowest BCUT2D eigenvalue weighted by atomic mass is 10.2. The van der Waals surface area contributed by atoms with Crippen molar-refractivity contribution in [1.29, 1.82) is 0 Å². The fourth-order valence-corrected chi connectivity index (χ4v) is 2.22. The van der Waals surface area contributed by atoms with Gasteiger partial charge < -0.3 is 20.4 Å². The lowest BCUT2D eigenvalue weighted by Crippen LogP contribution is -2.43. The zero-order valence-corrected chi connectivity index (χ0v) is 11.0. The molecule has 0 bridgehead atoms. The van der Waals surface area contributed by atoms with Gasteiger partial charge in [-0.05, 0) is 18.2 Å². The predicted molar refractivity (Wildman–Crippen MR) is 69.2 cm³/mol. The van der Waals surface area contributed by atoms with Crippen LogP contribution in [0.2, 0.25) is 5.02 Å². The molecule has 1 saturated heterocycles. The summed E-state index contributed by atoms with van der Waals surface area (Å²) in [5.41, 5.74) is -0.145. The molecule has 0 spiro atoms. The van der Waals surface area contributed by atoms with Gasteiger partial charge in [-0.1, -0.05) is 11.6 Å². The summed E-state index contributed by atoms with van der Waals surface area (Å²) in [6.45, 7) is -0.120. The number of amides is 2. The standard InChI is InChI=1S/C12H12ClFN2O4/c13-6-1-2-8(14)9(3-6)15-12(20)16-5-7(17)4-10(16)11(18)19/h1-3,7,10,17H,4-5H2,(H,15,20)(H,18,19)/t7?,10-/m0/s1. The van der Waals surface area contributed by atoms with Crippen molar-refractivity contribution < 1.29 is 24.2 Å². The molecule has 8 heteroatoms. The topological polar surface area (TPSA) is 89.9 Å². The minimum atomic E-state index is -1.22. The van der Waals surface area contributed by atoms with Crippen LogP contribution < -0.4 is 5.32 Å². The minimum absolute atomic E-state index is 0.0548. The average Bonchev–Trinajstić information content (AvgIpc) is 2.76. The zero-order valence-electron chi connectivity index (χ0n) is 10.2. The van der Waals surface area contributed by atoms with Crippen LogP contribution in [0.5, 0.6) is 0 Å². The SMILES string of the molecule is O=C(O)[C@@H]1CC(O)CN1C(=O)Nc1cc(Cl)ccc1F. The number of rotatable bonds is 2. The molecule has 1 fully saturated rings. The maximum absolute atomic E-state index is 13.5. The van der Waals surface area contributed by atoms with E-state index >= 15 is 0 Å². The summed E-state index contributed by atoms with van der Waals surface area (Å²) in [5.74, 6) is -1.90. The third-order valence-electron chi connectivity index (χ3n) is 2.99. The Morgan fingerprint density at radius 2 is 2.15 bits per heavy atom. The number of carbonyl (C=O) groups is 2. The second-order valence-corrected chi connectivity index (χ2v) is 4.89. The van der Waals surface area contributed by atoms with E-state index in [2.05, 4.69) is 5.32 Å². The van der Waals surface area contributed by atoms with Crippen molar-refractivity contribution in [3.63, 3.8) is 0 Å². The summed E-state index contributed by atoms with van der Waals surface area (Å²) >= 11 is 5.70. The largest absolute Gasteiger partial charge is 0.480 e. The Morgan fingerprint density at radius 3 is 2.80 bits per heavy atom. The Bertz CT molecular complexity index is 554. The van der Waals surface area contributed by atoms with E-state index in [-0.39, 0.29) is 23.7 Å². The average molecular weight is 303 g/mol. The molecule has 0 saturated carbocycles. The summed E-state index contributed by atoms with van der Waals surface area (Å²) in [5, 5.41) is 20.9. The van der Waals surface area contributed by atoms with Gasteiger partial charge in [0.2, 0.25) is 0 Å². The summed E-state index contributed by atoms with van der Waals surface area (Å²) in [6, 6.07) is 1.71. The molecule has 1 aliphatic heterocycles. The molecular formula is C12H12ClFN2O4. The molecular weight excluding hydrogens is 291 g/mol. The molecule has 0 radical (unpaired) electrons. The van der Waals surface area contributed by atoms with Gasteiger partial charge in [0.05, 0.1) is 11.8 Å². The van der Waals surface area contributed by atoms with Crippen LogP contribution in [0, 0.1) is 5.82 Å². The van der Waals surface area contributed by atoms with Crippen LogP contribution >= 0.6 is 11.6 Å². The summed E-state index contributed by atoms with van der Waals surface area (Å²) < 4.78 is 13.5. The second kappa shape index (κ2) is 5.64. The van der Waals surface area contributed by atoms with Crippen LogP contribution in [0.3, 0.4) is 0 Å². The Balaban J connectivity index is 2.15. The number of aliphatic hydroxyl groups is 1. The number of carboxylic acid groups (broad SMARTS) is 1. The van der Waals surface area contributed by atoms with Gasteiger partial charge in [-0.25, -0.2) is 14.0 Å². The number of nitrogens with zero attached hydrogens (tertiary/aromatic N) is 1. The van der Waals surface area contributed by atoms with Gasteiger partial charge in [0.1, 0.15) is 11.9 Å². The van der Waals surface area contributed by atoms with E-state index in [1.807, 2.05) is 0 Å². The van der Waals surface area contributed by atoms with E-state index in [1.165, 1.54) is 12.1 Å². The highest BCUT2D eigenvalue weighted by atomic mass is 35.5. The first-order chi connectivity index (χ1) is 9.38. The molecule has 20 heavy (non-hydrogen) atoms. The molecule has 3 N–H and O–H groups in total. The Labute approximate surface area is 118 Å². The molecule has 1 aromatic carbocycles. The Morgan fingerprint density at radius 1 is 1.45 bits per heavy atom. The third kappa shape index (κ3) is 3.00. The highest BCUT2D eigenvalue weighted by Gasteiger charge is 2.39. The Hall–Kier alpha value is -1.86. The highest BCUT2D eigenvalue weighted by Crippen LogP contribution is 2.23. The van der Waals surface area contributed by atoms with Crippen LogP contribution in [0.4, 0.5) is 14.9 Å². The maximum atomic E-state index is 13.5. The van der Waals surface area contributed by atoms with Crippen LogP contribution in [-0.4, -0.2) is 45.8 Å². The molecule has 0 aliphatic carbocycles. The fraction of sp³-hybridized carbons (Fsp3) is 0.333. The minimum Gasteiger partial charge on any atom is -0.480 e. The number of benzene rings is 1. The van der Waals surface area contributed by atoms with Crippen LogP contribution in [0.1, 0.15) is 6.42 Å². The zero-order chi connectivity index (χ0) is 14.9. The predicted octanol–water partition coefficient (Wildman–Crippen LogP) is 1.53. The molecule has 1 aliphatic rings. The molecule has 108 valence electrons. The van der Waals surface area contributed by atoms with E-state index in [1.54, 1.807) is 0 Å².